The predicted molar refractivity (Wildman–Crippen MR) is 103 cm³/mol. The number of urea groups is 1. The largest absolute Gasteiger partial charge is 0.466 e. The number of likely N-dealkylation sites (N-methyl/N-ethyl adjacent to an activating group) is 1. The van der Waals surface area contributed by atoms with Crippen molar-refractivity contribution in [1.82, 2.24) is 20.4 Å². The Labute approximate surface area is 164 Å². The van der Waals surface area contributed by atoms with Crippen LogP contribution in [0.1, 0.15) is 18.0 Å². The predicted octanol–water partition coefficient (Wildman–Crippen LogP) is 1.76. The Morgan fingerprint density at radius 2 is 2.04 bits per heavy atom. The first kappa shape index (κ1) is 19.7. The van der Waals surface area contributed by atoms with Crippen molar-refractivity contribution in [1.29, 1.82) is 0 Å². The average Bonchev–Trinajstić information content (AvgIpc) is 2.85. The molecule has 0 aromatic heterocycles. The van der Waals surface area contributed by atoms with E-state index in [0.29, 0.717) is 28.4 Å². The molecule has 27 heavy (non-hydrogen) atoms. The number of hydrogen-bond donors (Lipinski definition) is 2. The average molecular weight is 393 g/mol. The van der Waals surface area contributed by atoms with Crippen LogP contribution in [0.2, 0.25) is 5.02 Å². The van der Waals surface area contributed by atoms with Gasteiger partial charge in [0, 0.05) is 30.4 Å². The SMILES string of the molecule is COC(=O)C1=C(CN2CCCN(C)CC2)NC(=O)NC1c1ccccc1Cl. The zero-order chi connectivity index (χ0) is 19.4. The third-order valence-electron chi connectivity index (χ3n) is 4.97. The van der Waals surface area contributed by atoms with Crippen LogP contribution >= 0.6 is 11.6 Å². The van der Waals surface area contributed by atoms with Crippen LogP contribution in [0.4, 0.5) is 4.79 Å². The molecule has 2 amide bonds. The van der Waals surface area contributed by atoms with Crippen molar-refractivity contribution in [3.8, 4) is 0 Å². The molecule has 2 aliphatic heterocycles. The molecule has 0 saturated carbocycles. The number of nitrogens with one attached hydrogen (secondary N) is 2. The Morgan fingerprint density at radius 1 is 1.26 bits per heavy atom. The lowest BCUT2D eigenvalue weighted by atomic mass is 9.95. The van der Waals surface area contributed by atoms with Crippen molar-refractivity contribution in [3.05, 3.63) is 46.1 Å². The lowest BCUT2D eigenvalue weighted by molar-refractivity contribution is -0.136. The molecule has 0 radical (unpaired) electrons. The van der Waals surface area contributed by atoms with Crippen LogP contribution in [0.5, 0.6) is 0 Å². The molecule has 2 N–H and O–H groups in total. The maximum absolute atomic E-state index is 12.6. The topological polar surface area (TPSA) is 73.9 Å². The van der Waals surface area contributed by atoms with Crippen LogP contribution in [0.3, 0.4) is 0 Å². The highest BCUT2D eigenvalue weighted by molar-refractivity contribution is 6.31. The molecule has 3 rings (SSSR count). The van der Waals surface area contributed by atoms with E-state index >= 15 is 0 Å². The number of methoxy groups -OCH3 is 1. The molecular weight excluding hydrogens is 368 g/mol. The lowest BCUT2D eigenvalue weighted by Gasteiger charge is -2.32. The fourth-order valence-corrected chi connectivity index (χ4v) is 3.76. The first-order chi connectivity index (χ1) is 13.0. The zero-order valence-electron chi connectivity index (χ0n) is 15.6. The second kappa shape index (κ2) is 8.73. The van der Waals surface area contributed by atoms with E-state index in [1.165, 1.54) is 7.11 Å². The molecule has 8 heteroatoms. The van der Waals surface area contributed by atoms with Gasteiger partial charge in [0.1, 0.15) is 0 Å². The van der Waals surface area contributed by atoms with Gasteiger partial charge in [-0.1, -0.05) is 29.8 Å². The second-order valence-corrected chi connectivity index (χ2v) is 7.28. The Kier molecular flexibility index (Phi) is 6.36. The number of hydrogen-bond acceptors (Lipinski definition) is 5. The smallest absolute Gasteiger partial charge is 0.338 e. The Morgan fingerprint density at radius 3 is 2.78 bits per heavy atom. The van der Waals surface area contributed by atoms with Crippen LogP contribution in [0.15, 0.2) is 35.5 Å². The minimum Gasteiger partial charge on any atom is -0.466 e. The van der Waals surface area contributed by atoms with Crippen LogP contribution in [0.25, 0.3) is 0 Å². The van der Waals surface area contributed by atoms with Crippen molar-refractivity contribution < 1.29 is 14.3 Å². The van der Waals surface area contributed by atoms with E-state index in [2.05, 4.69) is 27.5 Å². The van der Waals surface area contributed by atoms with Gasteiger partial charge in [0.15, 0.2) is 0 Å². The third-order valence-corrected chi connectivity index (χ3v) is 5.31. The maximum Gasteiger partial charge on any atom is 0.338 e. The summed E-state index contributed by atoms with van der Waals surface area (Å²) >= 11 is 6.33. The number of amides is 2. The fourth-order valence-electron chi connectivity index (χ4n) is 3.52. The summed E-state index contributed by atoms with van der Waals surface area (Å²) in [5, 5.41) is 6.10. The van der Waals surface area contributed by atoms with E-state index in [1.54, 1.807) is 12.1 Å². The summed E-state index contributed by atoms with van der Waals surface area (Å²) in [4.78, 5) is 29.4. The summed E-state index contributed by atoms with van der Waals surface area (Å²) < 4.78 is 5.02. The van der Waals surface area contributed by atoms with Gasteiger partial charge in [-0.15, -0.1) is 0 Å². The van der Waals surface area contributed by atoms with E-state index in [9.17, 15) is 9.59 Å². The van der Waals surface area contributed by atoms with Crippen LogP contribution in [-0.4, -0.2) is 68.7 Å². The molecule has 2 heterocycles. The van der Waals surface area contributed by atoms with Crippen LogP contribution in [-0.2, 0) is 9.53 Å². The number of benzene rings is 1. The van der Waals surface area contributed by atoms with Gasteiger partial charge in [-0.25, -0.2) is 9.59 Å². The summed E-state index contributed by atoms with van der Waals surface area (Å²) in [5.74, 6) is -0.477. The van der Waals surface area contributed by atoms with Gasteiger partial charge < -0.3 is 20.3 Å². The molecule has 7 nitrogen and oxygen atoms in total. The molecule has 1 fully saturated rings. The standard InChI is InChI=1S/C19H25ClN4O3/c1-23-8-5-9-24(11-10-23)12-15-16(18(25)27-2)17(22-19(26)21-15)13-6-3-4-7-14(13)20/h3-4,6-7,17H,5,8-12H2,1-2H3,(H2,21,22,26). The lowest BCUT2D eigenvalue weighted by Crippen LogP contribution is -2.48. The molecule has 1 aromatic carbocycles. The van der Waals surface area contributed by atoms with Gasteiger partial charge in [0.2, 0.25) is 0 Å². The summed E-state index contributed by atoms with van der Waals surface area (Å²) in [6, 6.07) is 6.18. The minimum atomic E-state index is -0.649. The van der Waals surface area contributed by atoms with Gasteiger partial charge in [-0.3, -0.25) is 4.90 Å². The van der Waals surface area contributed by atoms with Crippen molar-refractivity contribution >= 4 is 23.6 Å². The van der Waals surface area contributed by atoms with Gasteiger partial charge in [-0.05, 0) is 38.2 Å². The molecule has 1 unspecified atom stereocenters. The van der Waals surface area contributed by atoms with Gasteiger partial charge >= 0.3 is 12.0 Å². The van der Waals surface area contributed by atoms with Gasteiger partial charge in [-0.2, -0.15) is 0 Å². The second-order valence-electron chi connectivity index (χ2n) is 6.87. The van der Waals surface area contributed by atoms with Crippen molar-refractivity contribution in [3.63, 3.8) is 0 Å². The van der Waals surface area contributed by atoms with E-state index in [4.69, 9.17) is 16.3 Å². The zero-order valence-corrected chi connectivity index (χ0v) is 16.4. The Hall–Kier alpha value is -2.09. The van der Waals surface area contributed by atoms with E-state index in [-0.39, 0.29) is 6.03 Å². The molecule has 0 spiro atoms. The molecule has 1 saturated heterocycles. The monoisotopic (exact) mass is 392 g/mol. The normalized spacial score (nSPS) is 22.0. The molecular formula is C19H25ClN4O3. The molecule has 146 valence electrons. The van der Waals surface area contributed by atoms with Crippen LogP contribution < -0.4 is 10.6 Å². The van der Waals surface area contributed by atoms with Gasteiger partial charge in [0.25, 0.3) is 0 Å². The molecule has 1 aromatic rings. The summed E-state index contributed by atoms with van der Waals surface area (Å²) in [6.07, 6.45) is 1.04. The molecule has 1 atom stereocenters. The van der Waals surface area contributed by atoms with E-state index < -0.39 is 12.0 Å². The quantitative estimate of drug-likeness (QED) is 0.764. The van der Waals surface area contributed by atoms with Crippen molar-refractivity contribution in [2.75, 3.05) is 46.9 Å². The molecule has 0 bridgehead atoms. The first-order valence-electron chi connectivity index (χ1n) is 9.03. The van der Waals surface area contributed by atoms with Crippen molar-refractivity contribution in [2.45, 2.75) is 12.5 Å². The first-order valence-corrected chi connectivity index (χ1v) is 9.41. The number of esters is 1. The van der Waals surface area contributed by atoms with E-state index in [1.807, 2.05) is 12.1 Å². The van der Waals surface area contributed by atoms with Crippen LogP contribution in [0, 0.1) is 0 Å². The highest BCUT2D eigenvalue weighted by Crippen LogP contribution is 2.32. The number of halogens is 1. The Bertz CT molecular complexity index is 752. The number of carbonyl (C=O) groups is 2. The number of ether oxygens (including phenoxy) is 1. The summed E-state index contributed by atoms with van der Waals surface area (Å²) in [5.41, 5.74) is 1.63. The molecule has 0 aliphatic carbocycles. The number of rotatable bonds is 4. The van der Waals surface area contributed by atoms with E-state index in [0.717, 1.165) is 32.6 Å². The number of nitrogens with zero attached hydrogens (tertiary/aromatic N) is 2. The highest BCUT2D eigenvalue weighted by Gasteiger charge is 2.35. The fraction of sp³-hybridized carbons (Fsp3) is 0.474. The minimum absolute atomic E-state index is 0.352. The van der Waals surface area contributed by atoms with Gasteiger partial charge in [0.05, 0.1) is 18.7 Å². The summed E-state index contributed by atoms with van der Waals surface area (Å²) in [6.45, 7) is 4.24. The Balaban J connectivity index is 1.96. The number of carbonyl (C=O) groups excluding carboxylic acids is 2. The maximum atomic E-state index is 12.6. The summed E-state index contributed by atoms with van der Waals surface area (Å²) in [7, 11) is 3.44. The highest BCUT2D eigenvalue weighted by atomic mass is 35.5. The van der Waals surface area contributed by atoms with Crippen molar-refractivity contribution in [2.24, 2.45) is 0 Å². The third kappa shape index (κ3) is 4.61. The molecule has 2 aliphatic rings.